The summed E-state index contributed by atoms with van der Waals surface area (Å²) < 4.78 is 5.97. The van der Waals surface area contributed by atoms with Crippen LogP contribution in [0.25, 0.3) is 0 Å². The number of anilines is 1. The Hall–Kier alpha value is -3.88. The number of benzene rings is 3. The van der Waals surface area contributed by atoms with Crippen molar-refractivity contribution in [1.29, 1.82) is 0 Å². The van der Waals surface area contributed by atoms with Crippen LogP contribution < -0.4 is 15.0 Å². The van der Waals surface area contributed by atoms with Gasteiger partial charge in [-0.1, -0.05) is 55.0 Å². The summed E-state index contributed by atoms with van der Waals surface area (Å²) >= 11 is 0. The minimum atomic E-state index is -0.445. The lowest BCUT2D eigenvalue weighted by Gasteiger charge is -2.46. The van der Waals surface area contributed by atoms with E-state index < -0.39 is 6.04 Å². The zero-order valence-electron chi connectivity index (χ0n) is 21.9. The Bertz CT molecular complexity index is 1310. The monoisotopic (exact) mass is 511 g/mol. The smallest absolute Gasteiger partial charge is 0.328 e. The summed E-state index contributed by atoms with van der Waals surface area (Å²) in [6.07, 6.45) is -0.580. The first-order chi connectivity index (χ1) is 18.4. The Kier molecular flexibility index (Phi) is 6.29. The molecule has 3 aliphatic heterocycles. The molecule has 8 heteroatoms. The van der Waals surface area contributed by atoms with Crippen LogP contribution in [-0.2, 0) is 11.3 Å². The number of hydrogen-bond donors (Lipinski definition) is 1. The van der Waals surface area contributed by atoms with Crippen LogP contribution in [0.3, 0.4) is 0 Å². The highest BCUT2D eigenvalue weighted by atomic mass is 16.5. The molecule has 38 heavy (non-hydrogen) atoms. The van der Waals surface area contributed by atoms with Gasteiger partial charge in [-0.15, -0.1) is 0 Å². The van der Waals surface area contributed by atoms with Crippen LogP contribution in [-0.4, -0.2) is 65.3 Å². The van der Waals surface area contributed by atoms with Gasteiger partial charge in [0, 0.05) is 25.8 Å². The first kappa shape index (κ1) is 24.5. The fraction of sp³-hybridized carbons (Fsp3) is 0.333. The number of imide groups is 1. The number of fused-ring (bicyclic) bond motifs is 3. The molecule has 3 fully saturated rings. The molecule has 0 aliphatic carbocycles. The van der Waals surface area contributed by atoms with E-state index in [0.29, 0.717) is 5.92 Å². The van der Waals surface area contributed by atoms with Crippen molar-refractivity contribution in [2.45, 2.75) is 38.9 Å². The Morgan fingerprint density at radius 1 is 0.895 bits per heavy atom. The summed E-state index contributed by atoms with van der Waals surface area (Å²) in [5.41, 5.74) is 3.13. The highest BCUT2D eigenvalue weighted by molar-refractivity contribution is 6.00. The molecule has 196 valence electrons. The number of ether oxygens (including phenoxy) is 1. The van der Waals surface area contributed by atoms with Crippen LogP contribution in [0.15, 0.2) is 78.9 Å². The van der Waals surface area contributed by atoms with Gasteiger partial charge in [-0.05, 0) is 54.8 Å². The maximum atomic E-state index is 13.8. The van der Waals surface area contributed by atoms with E-state index in [1.54, 1.807) is 11.9 Å². The molecule has 0 saturated carbocycles. The predicted octanol–water partition coefficient (Wildman–Crippen LogP) is 4.22. The molecule has 8 nitrogen and oxygen atoms in total. The van der Waals surface area contributed by atoms with Crippen LogP contribution in [0, 0.1) is 12.8 Å². The molecule has 3 aromatic rings. The molecule has 1 N–H and O–H groups in total. The van der Waals surface area contributed by atoms with Crippen molar-refractivity contribution in [2.75, 3.05) is 25.0 Å². The summed E-state index contributed by atoms with van der Waals surface area (Å²) in [5, 5.41) is 3.60. The molecular weight excluding hydrogens is 478 g/mol. The summed E-state index contributed by atoms with van der Waals surface area (Å²) in [4.78, 5) is 34.7. The van der Waals surface area contributed by atoms with Crippen LogP contribution >= 0.6 is 0 Å². The van der Waals surface area contributed by atoms with E-state index in [4.69, 9.17) is 4.74 Å². The molecule has 0 bridgehead atoms. The van der Waals surface area contributed by atoms with Crippen molar-refractivity contribution >= 4 is 17.6 Å². The van der Waals surface area contributed by atoms with E-state index in [1.165, 1.54) is 4.90 Å². The Morgan fingerprint density at radius 3 is 2.29 bits per heavy atom. The third kappa shape index (κ3) is 4.40. The number of urea groups is 1. The zero-order valence-corrected chi connectivity index (χ0v) is 21.9. The molecule has 3 saturated heterocycles. The van der Waals surface area contributed by atoms with Gasteiger partial charge in [0.15, 0.2) is 0 Å². The first-order valence-corrected chi connectivity index (χ1v) is 13.1. The van der Waals surface area contributed by atoms with Gasteiger partial charge in [-0.3, -0.25) is 19.9 Å². The quantitative estimate of drug-likeness (QED) is 0.553. The van der Waals surface area contributed by atoms with Gasteiger partial charge in [-0.2, -0.15) is 0 Å². The second-order valence-corrected chi connectivity index (χ2v) is 10.6. The predicted molar refractivity (Wildman–Crippen MR) is 146 cm³/mol. The van der Waals surface area contributed by atoms with Crippen LogP contribution in [0.2, 0.25) is 0 Å². The number of hydrogen-bond acceptors (Lipinski definition) is 6. The molecule has 0 spiro atoms. The standard InChI is InChI=1S/C30H33N5O3/c1-20-9-11-22(12-10-20)19-35-28(36)26-27(32(3)30(35)37)31-29-33(17-21(2)18-34(26)29)23-13-15-25(16-14-23)38-24-7-5-4-6-8-24/h4-16,21,26-27,29,31H,17-19H2,1-3H3. The molecule has 4 atom stereocenters. The average molecular weight is 512 g/mol. The molecule has 3 aromatic carbocycles. The maximum Gasteiger partial charge on any atom is 0.328 e. The maximum absolute atomic E-state index is 13.8. The molecule has 0 radical (unpaired) electrons. The fourth-order valence-electron chi connectivity index (χ4n) is 5.77. The van der Waals surface area contributed by atoms with E-state index in [-0.39, 0.29) is 30.9 Å². The lowest BCUT2D eigenvalue weighted by atomic mass is 10.0. The van der Waals surface area contributed by atoms with Crippen molar-refractivity contribution in [3.05, 3.63) is 90.0 Å². The Morgan fingerprint density at radius 2 is 1.58 bits per heavy atom. The van der Waals surface area contributed by atoms with Gasteiger partial charge in [0.2, 0.25) is 0 Å². The number of para-hydroxylation sites is 1. The Labute approximate surface area is 223 Å². The summed E-state index contributed by atoms with van der Waals surface area (Å²) in [6.45, 7) is 6.11. The molecular formula is C30H33N5O3. The normalized spacial score (nSPS) is 25.4. The van der Waals surface area contributed by atoms with Crippen molar-refractivity contribution < 1.29 is 14.3 Å². The SMILES string of the molecule is Cc1ccc(CN2C(=O)C3C(NC4N(c5ccc(Oc6ccccc6)cc5)CC(C)CN34)N(C)C2=O)cc1. The number of carbonyl (C=O) groups excluding carboxylic acids is 2. The number of carbonyl (C=O) groups is 2. The topological polar surface area (TPSA) is 68.4 Å². The minimum absolute atomic E-state index is 0.144. The Balaban J connectivity index is 1.24. The number of rotatable bonds is 5. The number of nitrogens with zero attached hydrogens (tertiary/aromatic N) is 4. The zero-order chi connectivity index (χ0) is 26.4. The minimum Gasteiger partial charge on any atom is -0.457 e. The van der Waals surface area contributed by atoms with Gasteiger partial charge in [0.1, 0.15) is 30.0 Å². The van der Waals surface area contributed by atoms with Gasteiger partial charge >= 0.3 is 6.03 Å². The molecule has 3 heterocycles. The van der Waals surface area contributed by atoms with E-state index in [0.717, 1.165) is 41.4 Å². The van der Waals surface area contributed by atoms with Gasteiger partial charge in [0.05, 0.1) is 6.54 Å². The third-order valence-electron chi connectivity index (χ3n) is 7.69. The largest absolute Gasteiger partial charge is 0.457 e. The van der Waals surface area contributed by atoms with E-state index in [2.05, 4.69) is 34.2 Å². The van der Waals surface area contributed by atoms with Crippen molar-refractivity contribution in [3.63, 3.8) is 0 Å². The molecule has 4 unspecified atom stereocenters. The number of amides is 3. The average Bonchev–Trinajstić information content (AvgIpc) is 3.31. The third-order valence-corrected chi connectivity index (χ3v) is 7.69. The summed E-state index contributed by atoms with van der Waals surface area (Å²) in [5.74, 6) is 1.76. The molecule has 3 amide bonds. The van der Waals surface area contributed by atoms with E-state index >= 15 is 0 Å². The molecule has 3 aliphatic rings. The fourth-order valence-corrected chi connectivity index (χ4v) is 5.77. The van der Waals surface area contributed by atoms with Gasteiger partial charge < -0.3 is 14.5 Å². The molecule has 0 aromatic heterocycles. The van der Waals surface area contributed by atoms with Gasteiger partial charge in [-0.25, -0.2) is 4.79 Å². The highest BCUT2D eigenvalue weighted by Gasteiger charge is 2.56. The number of likely N-dealkylation sites (N-methyl/N-ethyl adjacent to an activating group) is 1. The number of aryl methyl sites for hydroxylation is 1. The first-order valence-electron chi connectivity index (χ1n) is 13.1. The highest BCUT2D eigenvalue weighted by Crippen LogP contribution is 2.35. The molecule has 6 rings (SSSR count). The lowest BCUT2D eigenvalue weighted by molar-refractivity contribution is -0.139. The van der Waals surface area contributed by atoms with Crippen molar-refractivity contribution in [3.8, 4) is 11.5 Å². The van der Waals surface area contributed by atoms with Crippen LogP contribution in [0.5, 0.6) is 11.5 Å². The van der Waals surface area contributed by atoms with Crippen molar-refractivity contribution in [1.82, 2.24) is 20.0 Å². The second kappa shape index (κ2) is 9.78. The van der Waals surface area contributed by atoms with Gasteiger partial charge in [0.25, 0.3) is 5.91 Å². The van der Waals surface area contributed by atoms with Crippen molar-refractivity contribution in [2.24, 2.45) is 5.92 Å². The lowest BCUT2D eigenvalue weighted by Crippen LogP contribution is -2.66. The summed E-state index contributed by atoms with van der Waals surface area (Å²) in [6, 6.07) is 25.0. The second-order valence-electron chi connectivity index (χ2n) is 10.6. The van der Waals surface area contributed by atoms with Crippen LogP contribution in [0.4, 0.5) is 10.5 Å². The van der Waals surface area contributed by atoms with E-state index in [9.17, 15) is 9.59 Å². The van der Waals surface area contributed by atoms with E-state index in [1.807, 2.05) is 73.7 Å². The van der Waals surface area contributed by atoms with Crippen LogP contribution in [0.1, 0.15) is 18.1 Å². The number of nitrogens with one attached hydrogen (secondary N) is 1. The summed E-state index contributed by atoms with van der Waals surface area (Å²) in [7, 11) is 1.78.